The van der Waals surface area contributed by atoms with Crippen molar-refractivity contribution in [3.05, 3.63) is 18.2 Å². The number of fused-ring (bicyclic) bond motifs is 1. The number of halogens is 2. The van der Waals surface area contributed by atoms with Crippen LogP contribution in [0.2, 0.25) is 0 Å². The Balaban J connectivity index is 2.15. The van der Waals surface area contributed by atoms with Gasteiger partial charge >= 0.3 is 6.29 Å². The van der Waals surface area contributed by atoms with Crippen LogP contribution in [0.25, 0.3) is 0 Å². The number of amides is 1. The number of nitrogens with zero attached hydrogens (tertiary/aromatic N) is 1. The maximum absolute atomic E-state index is 12.7. The topological polar surface area (TPSA) is 71.4 Å². The molecule has 5 nitrogen and oxygen atoms in total. The fraction of sp³-hybridized carbons (Fsp3) is 0.273. The number of rotatable bonds is 2. The van der Waals surface area contributed by atoms with E-state index in [2.05, 4.69) is 14.8 Å². The van der Waals surface area contributed by atoms with Gasteiger partial charge in [-0.05, 0) is 19.1 Å². The molecule has 7 heteroatoms. The first-order chi connectivity index (χ1) is 8.41. The third-order valence-corrected chi connectivity index (χ3v) is 2.26. The van der Waals surface area contributed by atoms with Crippen LogP contribution in [0, 0.1) is 17.2 Å². The van der Waals surface area contributed by atoms with E-state index in [9.17, 15) is 13.6 Å². The third kappa shape index (κ3) is 2.32. The number of anilines is 1. The number of hydrogen-bond acceptors (Lipinski definition) is 4. The Morgan fingerprint density at radius 1 is 1.44 bits per heavy atom. The number of ether oxygens (including phenoxy) is 2. The summed E-state index contributed by atoms with van der Waals surface area (Å²) in [6.45, 7) is 1.43. The Hall–Kier alpha value is -2.36. The summed E-state index contributed by atoms with van der Waals surface area (Å²) in [7, 11) is 0. The highest BCUT2D eigenvalue weighted by Gasteiger charge is 2.43. The van der Waals surface area contributed by atoms with Gasteiger partial charge in [0.15, 0.2) is 11.5 Å². The van der Waals surface area contributed by atoms with E-state index in [-0.39, 0.29) is 17.2 Å². The number of benzene rings is 1. The molecule has 1 aromatic rings. The predicted octanol–water partition coefficient (Wildman–Crippen LogP) is 2.11. The molecule has 0 radical (unpaired) electrons. The Morgan fingerprint density at radius 3 is 2.78 bits per heavy atom. The fourth-order valence-electron chi connectivity index (χ4n) is 1.34. The van der Waals surface area contributed by atoms with Crippen molar-refractivity contribution in [1.29, 1.82) is 5.26 Å². The Kier molecular flexibility index (Phi) is 2.79. The Bertz CT molecular complexity index is 540. The van der Waals surface area contributed by atoms with Crippen LogP contribution in [0.5, 0.6) is 11.5 Å². The normalized spacial score (nSPS) is 16.8. The second-order valence-electron chi connectivity index (χ2n) is 3.67. The van der Waals surface area contributed by atoms with E-state index in [0.29, 0.717) is 0 Å². The summed E-state index contributed by atoms with van der Waals surface area (Å²) in [5, 5.41) is 11.0. The predicted molar refractivity (Wildman–Crippen MR) is 56.1 cm³/mol. The largest absolute Gasteiger partial charge is 0.586 e. The van der Waals surface area contributed by atoms with E-state index in [1.807, 2.05) is 0 Å². The summed E-state index contributed by atoms with van der Waals surface area (Å²) in [6, 6.07) is 5.60. The van der Waals surface area contributed by atoms with E-state index in [4.69, 9.17) is 5.26 Å². The summed E-state index contributed by atoms with van der Waals surface area (Å²) >= 11 is 0. The SMILES string of the molecule is CC(C#N)C(=O)Nc1ccc2c(c1)OC(F)(F)O2. The zero-order valence-corrected chi connectivity index (χ0v) is 9.24. The summed E-state index contributed by atoms with van der Waals surface area (Å²) in [5.41, 5.74) is 0.252. The van der Waals surface area contributed by atoms with Gasteiger partial charge in [0.25, 0.3) is 0 Å². The summed E-state index contributed by atoms with van der Waals surface area (Å²) in [4.78, 5) is 11.4. The van der Waals surface area contributed by atoms with Gasteiger partial charge in [-0.3, -0.25) is 4.79 Å². The van der Waals surface area contributed by atoms with E-state index < -0.39 is 18.1 Å². The number of carbonyl (C=O) groups is 1. The molecule has 1 atom stereocenters. The summed E-state index contributed by atoms with van der Waals surface area (Å²) in [5.74, 6) is -1.63. The van der Waals surface area contributed by atoms with E-state index in [1.165, 1.54) is 25.1 Å². The van der Waals surface area contributed by atoms with Gasteiger partial charge in [0.2, 0.25) is 5.91 Å². The lowest BCUT2D eigenvalue weighted by Crippen LogP contribution is -2.25. The molecule has 1 aliphatic heterocycles. The van der Waals surface area contributed by atoms with Crippen LogP contribution < -0.4 is 14.8 Å². The van der Waals surface area contributed by atoms with Gasteiger partial charge in [-0.2, -0.15) is 5.26 Å². The molecule has 94 valence electrons. The van der Waals surface area contributed by atoms with Crippen molar-refractivity contribution in [3.8, 4) is 17.6 Å². The molecule has 0 aliphatic carbocycles. The molecule has 1 aliphatic rings. The van der Waals surface area contributed by atoms with Crippen molar-refractivity contribution in [2.45, 2.75) is 13.2 Å². The molecule has 1 unspecified atom stereocenters. The molecule has 0 bridgehead atoms. The Morgan fingerprint density at radius 2 is 2.11 bits per heavy atom. The molecule has 0 spiro atoms. The minimum atomic E-state index is -3.69. The van der Waals surface area contributed by atoms with Crippen molar-refractivity contribution in [2.24, 2.45) is 5.92 Å². The van der Waals surface area contributed by atoms with Gasteiger partial charge in [0.05, 0.1) is 6.07 Å². The molecule has 0 saturated heterocycles. The second-order valence-corrected chi connectivity index (χ2v) is 3.67. The minimum absolute atomic E-state index is 0.105. The highest BCUT2D eigenvalue weighted by molar-refractivity contribution is 5.94. The zero-order valence-electron chi connectivity index (χ0n) is 9.24. The van der Waals surface area contributed by atoms with Crippen molar-refractivity contribution < 1.29 is 23.0 Å². The van der Waals surface area contributed by atoms with Crippen LogP contribution in [0.3, 0.4) is 0 Å². The second kappa shape index (κ2) is 4.14. The lowest BCUT2D eigenvalue weighted by molar-refractivity contribution is -0.286. The zero-order chi connectivity index (χ0) is 13.3. The van der Waals surface area contributed by atoms with Crippen LogP contribution >= 0.6 is 0 Å². The standard InChI is InChI=1S/C11H8F2N2O3/c1-6(5-14)10(16)15-7-2-3-8-9(4-7)18-11(12,13)17-8/h2-4,6H,1H3,(H,15,16). The number of nitriles is 1. The highest BCUT2D eigenvalue weighted by atomic mass is 19.3. The molecule has 0 aromatic heterocycles. The van der Waals surface area contributed by atoms with Crippen LogP contribution in [-0.4, -0.2) is 12.2 Å². The maximum atomic E-state index is 12.7. The average molecular weight is 254 g/mol. The van der Waals surface area contributed by atoms with E-state index >= 15 is 0 Å². The van der Waals surface area contributed by atoms with Gasteiger partial charge in [-0.1, -0.05) is 0 Å². The molecule has 18 heavy (non-hydrogen) atoms. The first-order valence-electron chi connectivity index (χ1n) is 5.01. The molecule has 2 rings (SSSR count). The molecule has 1 N–H and O–H groups in total. The Labute approximate surface area is 101 Å². The number of hydrogen-bond donors (Lipinski definition) is 1. The summed E-state index contributed by atoms with van der Waals surface area (Å²) < 4.78 is 33.9. The average Bonchev–Trinajstić information content (AvgIpc) is 2.61. The number of nitrogens with one attached hydrogen (secondary N) is 1. The van der Waals surface area contributed by atoms with Crippen molar-refractivity contribution in [3.63, 3.8) is 0 Å². The minimum Gasteiger partial charge on any atom is -0.395 e. The monoisotopic (exact) mass is 254 g/mol. The lowest BCUT2D eigenvalue weighted by atomic mass is 10.2. The highest BCUT2D eigenvalue weighted by Crippen LogP contribution is 2.42. The van der Waals surface area contributed by atoms with E-state index in [0.717, 1.165) is 0 Å². The van der Waals surface area contributed by atoms with Gasteiger partial charge in [0.1, 0.15) is 5.92 Å². The van der Waals surface area contributed by atoms with Gasteiger partial charge in [-0.25, -0.2) is 0 Å². The van der Waals surface area contributed by atoms with E-state index in [1.54, 1.807) is 6.07 Å². The molecule has 0 fully saturated rings. The van der Waals surface area contributed by atoms with Gasteiger partial charge in [-0.15, -0.1) is 8.78 Å². The fourth-order valence-corrected chi connectivity index (χ4v) is 1.34. The molecule has 1 aromatic carbocycles. The first-order valence-corrected chi connectivity index (χ1v) is 5.01. The van der Waals surface area contributed by atoms with Gasteiger partial charge in [0, 0.05) is 11.8 Å². The number of carbonyl (C=O) groups excluding carboxylic acids is 1. The maximum Gasteiger partial charge on any atom is 0.586 e. The van der Waals surface area contributed by atoms with Crippen LogP contribution in [-0.2, 0) is 4.79 Å². The molecular formula is C11H8F2N2O3. The molecule has 0 saturated carbocycles. The van der Waals surface area contributed by atoms with Crippen molar-refractivity contribution in [2.75, 3.05) is 5.32 Å². The van der Waals surface area contributed by atoms with Crippen molar-refractivity contribution in [1.82, 2.24) is 0 Å². The third-order valence-electron chi connectivity index (χ3n) is 2.26. The first kappa shape index (κ1) is 12.1. The molecule has 1 amide bonds. The van der Waals surface area contributed by atoms with Crippen molar-refractivity contribution >= 4 is 11.6 Å². The molecule has 1 heterocycles. The smallest absolute Gasteiger partial charge is 0.395 e. The van der Waals surface area contributed by atoms with Crippen LogP contribution in [0.4, 0.5) is 14.5 Å². The summed E-state index contributed by atoms with van der Waals surface area (Å²) in [6.07, 6.45) is -3.69. The quantitative estimate of drug-likeness (QED) is 0.877. The number of alkyl halides is 2. The van der Waals surface area contributed by atoms with Crippen LogP contribution in [0.1, 0.15) is 6.92 Å². The lowest BCUT2D eigenvalue weighted by Gasteiger charge is -2.06. The van der Waals surface area contributed by atoms with Gasteiger partial charge < -0.3 is 14.8 Å². The van der Waals surface area contributed by atoms with Crippen LogP contribution in [0.15, 0.2) is 18.2 Å². The molecular weight excluding hydrogens is 246 g/mol.